The smallest absolute Gasteiger partial charge is 0.405 e. The standard InChI is InChI=1S/C14H20INO3/c1-3-7-12(17)14(4-2,16-13(18)19)10-8-5-6-9-11(10)15/h5-6,8-9,12,16-17H,3-4,7H2,1-2H3,(H,18,19). The van der Waals surface area contributed by atoms with Crippen LogP contribution in [-0.2, 0) is 5.54 Å². The summed E-state index contributed by atoms with van der Waals surface area (Å²) in [5, 5.41) is 22.1. The van der Waals surface area contributed by atoms with Crippen molar-refractivity contribution in [1.82, 2.24) is 5.32 Å². The molecule has 0 fully saturated rings. The summed E-state index contributed by atoms with van der Waals surface area (Å²) in [5.41, 5.74) is -0.110. The van der Waals surface area contributed by atoms with Crippen molar-refractivity contribution in [3.63, 3.8) is 0 Å². The van der Waals surface area contributed by atoms with Gasteiger partial charge < -0.3 is 15.5 Å². The molecule has 19 heavy (non-hydrogen) atoms. The van der Waals surface area contributed by atoms with Gasteiger partial charge in [0.2, 0.25) is 0 Å². The van der Waals surface area contributed by atoms with Gasteiger partial charge in [0.15, 0.2) is 0 Å². The summed E-state index contributed by atoms with van der Waals surface area (Å²) in [6.07, 6.45) is -0.00103. The van der Waals surface area contributed by atoms with Crippen LogP contribution in [0.1, 0.15) is 38.7 Å². The molecular weight excluding hydrogens is 357 g/mol. The molecule has 0 saturated heterocycles. The molecular formula is C14H20INO3. The van der Waals surface area contributed by atoms with E-state index in [0.717, 1.165) is 15.6 Å². The van der Waals surface area contributed by atoms with Gasteiger partial charge in [0.05, 0.1) is 11.6 Å². The highest BCUT2D eigenvalue weighted by Crippen LogP contribution is 2.34. The van der Waals surface area contributed by atoms with Crippen LogP contribution in [0.15, 0.2) is 24.3 Å². The molecule has 2 atom stereocenters. The molecule has 0 heterocycles. The zero-order chi connectivity index (χ0) is 14.5. The van der Waals surface area contributed by atoms with Crippen molar-refractivity contribution in [2.24, 2.45) is 0 Å². The summed E-state index contributed by atoms with van der Waals surface area (Å²) < 4.78 is 0.950. The van der Waals surface area contributed by atoms with Gasteiger partial charge in [-0.2, -0.15) is 0 Å². The topological polar surface area (TPSA) is 69.6 Å². The van der Waals surface area contributed by atoms with Crippen molar-refractivity contribution >= 4 is 28.7 Å². The van der Waals surface area contributed by atoms with E-state index in [2.05, 4.69) is 27.9 Å². The maximum atomic E-state index is 11.1. The van der Waals surface area contributed by atoms with E-state index in [1.54, 1.807) is 0 Å². The molecule has 0 aliphatic heterocycles. The Labute approximate surface area is 127 Å². The van der Waals surface area contributed by atoms with E-state index in [0.29, 0.717) is 12.8 Å². The van der Waals surface area contributed by atoms with Crippen LogP contribution >= 0.6 is 22.6 Å². The van der Waals surface area contributed by atoms with Gasteiger partial charge in [-0.15, -0.1) is 0 Å². The number of benzene rings is 1. The largest absolute Gasteiger partial charge is 0.465 e. The molecule has 1 aromatic rings. The lowest BCUT2D eigenvalue weighted by Gasteiger charge is -2.38. The van der Waals surface area contributed by atoms with Crippen molar-refractivity contribution in [1.29, 1.82) is 0 Å². The van der Waals surface area contributed by atoms with Crippen LogP contribution in [0.3, 0.4) is 0 Å². The average Bonchev–Trinajstić information content (AvgIpc) is 2.36. The monoisotopic (exact) mass is 377 g/mol. The van der Waals surface area contributed by atoms with Gasteiger partial charge in [0.25, 0.3) is 0 Å². The van der Waals surface area contributed by atoms with E-state index < -0.39 is 17.7 Å². The summed E-state index contributed by atoms with van der Waals surface area (Å²) in [4.78, 5) is 11.1. The molecule has 0 bridgehead atoms. The van der Waals surface area contributed by atoms with Gasteiger partial charge in [-0.1, -0.05) is 38.5 Å². The third-order valence-electron chi connectivity index (χ3n) is 3.37. The maximum absolute atomic E-state index is 11.1. The lowest BCUT2D eigenvalue weighted by atomic mass is 9.80. The van der Waals surface area contributed by atoms with E-state index in [9.17, 15) is 9.90 Å². The first-order valence-corrected chi connectivity index (χ1v) is 7.50. The molecule has 4 nitrogen and oxygen atoms in total. The molecule has 1 rings (SSSR count). The van der Waals surface area contributed by atoms with E-state index >= 15 is 0 Å². The molecule has 0 saturated carbocycles. The Kier molecular flexibility index (Phi) is 6.06. The summed E-state index contributed by atoms with van der Waals surface area (Å²) in [6.45, 7) is 3.86. The Morgan fingerprint density at radius 3 is 2.53 bits per heavy atom. The second-order valence-corrected chi connectivity index (χ2v) is 5.70. The highest BCUT2D eigenvalue weighted by Gasteiger charge is 2.40. The zero-order valence-electron chi connectivity index (χ0n) is 11.2. The first-order valence-electron chi connectivity index (χ1n) is 6.42. The van der Waals surface area contributed by atoms with Crippen LogP contribution in [0.5, 0.6) is 0 Å². The van der Waals surface area contributed by atoms with Crippen LogP contribution in [0.4, 0.5) is 4.79 Å². The fourth-order valence-electron chi connectivity index (χ4n) is 2.38. The molecule has 0 aromatic heterocycles. The number of halogens is 1. The lowest BCUT2D eigenvalue weighted by molar-refractivity contribution is 0.0453. The fraction of sp³-hybridized carbons (Fsp3) is 0.500. The van der Waals surface area contributed by atoms with Crippen LogP contribution in [0.25, 0.3) is 0 Å². The Morgan fingerprint density at radius 1 is 1.42 bits per heavy atom. The van der Waals surface area contributed by atoms with Crippen molar-refractivity contribution in [3.05, 3.63) is 33.4 Å². The third kappa shape index (κ3) is 3.60. The number of nitrogens with one attached hydrogen (secondary N) is 1. The van der Waals surface area contributed by atoms with Gasteiger partial charge in [0, 0.05) is 3.57 Å². The Hall–Kier alpha value is -0.820. The summed E-state index contributed by atoms with van der Waals surface area (Å²) in [7, 11) is 0. The Morgan fingerprint density at radius 2 is 2.05 bits per heavy atom. The lowest BCUT2D eigenvalue weighted by Crippen LogP contribution is -2.53. The van der Waals surface area contributed by atoms with Crippen LogP contribution < -0.4 is 5.32 Å². The summed E-state index contributed by atoms with van der Waals surface area (Å²) in [6, 6.07) is 7.56. The minimum absolute atomic E-state index is 0.500. The first-order chi connectivity index (χ1) is 8.97. The minimum Gasteiger partial charge on any atom is -0.465 e. The molecule has 0 radical (unpaired) electrons. The van der Waals surface area contributed by atoms with Gasteiger partial charge in [-0.25, -0.2) is 4.79 Å². The molecule has 1 amide bonds. The zero-order valence-corrected chi connectivity index (χ0v) is 13.3. The molecule has 0 spiro atoms. The summed E-state index contributed by atoms with van der Waals surface area (Å²) >= 11 is 2.17. The number of aliphatic hydroxyl groups is 1. The number of hydrogen-bond donors (Lipinski definition) is 3. The van der Waals surface area contributed by atoms with E-state index in [4.69, 9.17) is 5.11 Å². The third-order valence-corrected chi connectivity index (χ3v) is 4.31. The number of carbonyl (C=O) groups is 1. The van der Waals surface area contributed by atoms with Crippen LogP contribution in [0, 0.1) is 3.57 Å². The maximum Gasteiger partial charge on any atom is 0.405 e. The van der Waals surface area contributed by atoms with Crippen molar-refractivity contribution < 1.29 is 15.0 Å². The quantitative estimate of drug-likeness (QED) is 0.667. The van der Waals surface area contributed by atoms with E-state index in [1.165, 1.54) is 0 Å². The molecule has 3 N–H and O–H groups in total. The number of hydrogen-bond acceptors (Lipinski definition) is 2. The van der Waals surface area contributed by atoms with Gasteiger partial charge in [-0.05, 0) is 47.1 Å². The van der Waals surface area contributed by atoms with E-state index in [-0.39, 0.29) is 0 Å². The molecule has 2 unspecified atom stereocenters. The number of amides is 1. The highest BCUT2D eigenvalue weighted by atomic mass is 127. The predicted octanol–water partition coefficient (Wildman–Crippen LogP) is 3.33. The molecule has 1 aromatic carbocycles. The normalized spacial score (nSPS) is 15.6. The van der Waals surface area contributed by atoms with Crippen molar-refractivity contribution in [2.45, 2.75) is 44.8 Å². The fourth-order valence-corrected chi connectivity index (χ4v) is 3.25. The molecule has 0 aliphatic carbocycles. The second-order valence-electron chi connectivity index (χ2n) is 4.54. The Bertz CT molecular complexity index is 438. The summed E-state index contributed by atoms with van der Waals surface area (Å²) in [5.74, 6) is 0. The second kappa shape index (κ2) is 7.09. The number of carboxylic acid groups (broad SMARTS) is 1. The van der Waals surface area contributed by atoms with Crippen LogP contribution in [0.2, 0.25) is 0 Å². The molecule has 5 heteroatoms. The van der Waals surface area contributed by atoms with Crippen molar-refractivity contribution in [2.75, 3.05) is 0 Å². The predicted molar refractivity (Wildman–Crippen MR) is 83.2 cm³/mol. The molecule has 0 aliphatic rings. The van der Waals surface area contributed by atoms with Gasteiger partial charge >= 0.3 is 6.09 Å². The average molecular weight is 377 g/mol. The Balaban J connectivity index is 3.31. The number of aliphatic hydroxyl groups excluding tert-OH is 1. The molecule has 106 valence electrons. The van der Waals surface area contributed by atoms with E-state index in [1.807, 2.05) is 38.1 Å². The minimum atomic E-state index is -1.11. The SMILES string of the molecule is CCCC(O)C(CC)(NC(=O)O)c1ccccc1I. The highest BCUT2D eigenvalue weighted by molar-refractivity contribution is 14.1. The number of rotatable bonds is 6. The van der Waals surface area contributed by atoms with Crippen LogP contribution in [-0.4, -0.2) is 22.4 Å². The van der Waals surface area contributed by atoms with Crippen molar-refractivity contribution in [3.8, 4) is 0 Å². The van der Waals surface area contributed by atoms with Gasteiger partial charge in [0.1, 0.15) is 0 Å². The first kappa shape index (κ1) is 16.2. The van der Waals surface area contributed by atoms with Gasteiger partial charge in [-0.3, -0.25) is 0 Å².